The fourth-order valence-corrected chi connectivity index (χ4v) is 10.6. The smallest absolute Gasteiger partial charge is 0.407 e. The Kier molecular flexibility index (Phi) is 11.4. The number of nitrogens with zero attached hydrogens (tertiary/aromatic N) is 5. The van der Waals surface area contributed by atoms with E-state index in [1.54, 1.807) is 6.20 Å². The number of ether oxygens (including phenoxy) is 2. The number of pyridine rings is 1. The fourth-order valence-electron chi connectivity index (χ4n) is 10.6. The maximum atomic E-state index is 13.8. The zero-order valence-corrected chi connectivity index (χ0v) is 36.9. The van der Waals surface area contributed by atoms with Gasteiger partial charge in [0.2, 0.25) is 11.8 Å². The van der Waals surface area contributed by atoms with E-state index in [9.17, 15) is 19.2 Å². The number of methoxy groups -OCH3 is 2. The van der Waals surface area contributed by atoms with E-state index in [0.29, 0.717) is 24.9 Å². The number of carbonyl (C=O) groups excluding carboxylic acids is 4. The molecule has 0 radical (unpaired) electrons. The summed E-state index contributed by atoms with van der Waals surface area (Å²) in [6, 6.07) is 13.3. The normalized spacial score (nSPS) is 21.3. The molecule has 63 heavy (non-hydrogen) atoms. The molecule has 6 atom stereocenters. The standard InChI is InChI=1S/C48H57N9O6/c1-25(2)41(54-47(60)62-5)45(58)56-19-7-9-37(56)43-50-24-36(53-43)30-14-17-33(49-23-30)32-16-15-31(39-28-11-12-29(21-28)40(32)39)27-13-18-34-35(22-27)52-44(51-34)38-10-8-20-57(38)46(59)42(26(3)4)55-48(61)63-6/h13-18,22-26,28-29,37-38,41-42H,7-12,19-21H2,1-6H3,(H,50,53)(H,51,52)(H,54,60)(H,55,61)/t28?,29?,37-,38-,41-,42-/m0/s1. The number of carbonyl (C=O) groups is 4. The van der Waals surface area contributed by atoms with Crippen LogP contribution in [0.25, 0.3) is 44.7 Å². The molecule has 5 heterocycles. The number of hydrogen-bond donors (Lipinski definition) is 4. The Balaban J connectivity index is 0.949. The molecule has 1 saturated carbocycles. The fraction of sp³-hybridized carbons (Fsp3) is 0.479. The lowest BCUT2D eigenvalue weighted by atomic mass is 9.82. The Morgan fingerprint density at radius 2 is 1.27 bits per heavy atom. The largest absolute Gasteiger partial charge is 0.453 e. The van der Waals surface area contributed by atoms with Crippen LogP contribution >= 0.6 is 0 Å². The van der Waals surface area contributed by atoms with E-state index in [1.165, 1.54) is 49.3 Å². The highest BCUT2D eigenvalue weighted by Gasteiger charge is 2.42. The Bertz CT molecular complexity index is 2550. The number of amides is 4. The van der Waals surface area contributed by atoms with Crippen molar-refractivity contribution in [3.63, 3.8) is 0 Å². The highest BCUT2D eigenvalue weighted by Crippen LogP contribution is 2.58. The van der Waals surface area contributed by atoms with Crippen LogP contribution in [0.1, 0.15) is 119 Å². The molecule has 4 N–H and O–H groups in total. The van der Waals surface area contributed by atoms with Crippen LogP contribution in [0.2, 0.25) is 0 Å². The number of hydrogen-bond acceptors (Lipinski definition) is 9. The molecule has 9 rings (SSSR count). The van der Waals surface area contributed by atoms with Gasteiger partial charge in [-0.15, -0.1) is 0 Å². The van der Waals surface area contributed by atoms with Gasteiger partial charge in [0.25, 0.3) is 0 Å². The summed E-state index contributed by atoms with van der Waals surface area (Å²) in [6.45, 7) is 8.84. The molecule has 2 saturated heterocycles. The maximum Gasteiger partial charge on any atom is 0.407 e. The first-order chi connectivity index (χ1) is 30.4. The Hall–Kier alpha value is -6.25. The van der Waals surface area contributed by atoms with Crippen molar-refractivity contribution >= 4 is 35.0 Å². The highest BCUT2D eigenvalue weighted by atomic mass is 16.5. The summed E-state index contributed by atoms with van der Waals surface area (Å²) in [7, 11) is 2.60. The first kappa shape index (κ1) is 42.1. The van der Waals surface area contributed by atoms with Gasteiger partial charge in [0.15, 0.2) is 0 Å². The number of rotatable bonds is 11. The summed E-state index contributed by atoms with van der Waals surface area (Å²) in [6.07, 6.45) is 9.22. The van der Waals surface area contributed by atoms with Crippen molar-refractivity contribution in [2.24, 2.45) is 11.8 Å². The first-order valence-corrected chi connectivity index (χ1v) is 22.4. The number of fused-ring (bicyclic) bond motifs is 6. The zero-order chi connectivity index (χ0) is 44.1. The SMILES string of the molecule is COC(=O)N[C@H](C(=O)N1CCC[C@H]1c1ncc(-c2ccc(-c3ccc(-c4ccc5nc([C@@H]6CCCN6C(=O)[C@@H](NC(=O)OC)C(C)C)[nH]c5c4)c4c3C3CCC4C3)nc2)[nH]1)C(C)C. The van der Waals surface area contributed by atoms with Crippen molar-refractivity contribution in [3.8, 4) is 33.6 Å². The van der Waals surface area contributed by atoms with Crippen LogP contribution in [-0.4, -0.2) is 98.1 Å². The predicted octanol–water partition coefficient (Wildman–Crippen LogP) is 8.13. The third kappa shape index (κ3) is 7.79. The number of aromatic amines is 2. The van der Waals surface area contributed by atoms with Crippen LogP contribution in [-0.2, 0) is 19.1 Å². The minimum Gasteiger partial charge on any atom is -0.453 e. The summed E-state index contributed by atoms with van der Waals surface area (Å²) < 4.78 is 9.60. The van der Waals surface area contributed by atoms with Gasteiger partial charge in [-0.05, 0) is 115 Å². The quantitative estimate of drug-likeness (QED) is 0.102. The van der Waals surface area contributed by atoms with Crippen molar-refractivity contribution in [1.29, 1.82) is 0 Å². The van der Waals surface area contributed by atoms with Crippen LogP contribution in [0.15, 0.2) is 54.9 Å². The van der Waals surface area contributed by atoms with Gasteiger partial charge < -0.3 is 39.9 Å². The molecule has 2 aliphatic carbocycles. The third-order valence-corrected chi connectivity index (χ3v) is 13.8. The van der Waals surface area contributed by atoms with E-state index in [0.717, 1.165) is 77.3 Å². The molecule has 3 aromatic heterocycles. The average molecular weight is 856 g/mol. The summed E-state index contributed by atoms with van der Waals surface area (Å²) in [5.41, 5.74) is 10.8. The maximum absolute atomic E-state index is 13.8. The predicted molar refractivity (Wildman–Crippen MR) is 237 cm³/mol. The Morgan fingerprint density at radius 3 is 1.86 bits per heavy atom. The van der Waals surface area contributed by atoms with Gasteiger partial charge >= 0.3 is 12.2 Å². The van der Waals surface area contributed by atoms with Crippen molar-refractivity contribution in [2.75, 3.05) is 27.3 Å². The molecular formula is C48H57N9O6. The molecule has 0 spiro atoms. The average Bonchev–Trinajstić information content (AvgIpc) is 4.16. The molecular weight excluding hydrogens is 799 g/mol. The molecule has 4 amide bonds. The minimum absolute atomic E-state index is 0.108. The lowest BCUT2D eigenvalue weighted by Gasteiger charge is -2.30. The Labute approximate surface area is 367 Å². The summed E-state index contributed by atoms with van der Waals surface area (Å²) in [5, 5.41) is 5.45. The van der Waals surface area contributed by atoms with Crippen LogP contribution in [0.3, 0.4) is 0 Å². The molecule has 2 aliphatic heterocycles. The van der Waals surface area contributed by atoms with E-state index < -0.39 is 24.3 Å². The number of imidazole rings is 2. The minimum atomic E-state index is -0.695. The van der Waals surface area contributed by atoms with Crippen molar-refractivity contribution < 1.29 is 28.7 Å². The van der Waals surface area contributed by atoms with E-state index in [-0.39, 0.29) is 35.7 Å². The van der Waals surface area contributed by atoms with Crippen LogP contribution < -0.4 is 10.6 Å². The lowest BCUT2D eigenvalue weighted by Crippen LogP contribution is -2.51. The molecule has 2 aromatic carbocycles. The van der Waals surface area contributed by atoms with Gasteiger partial charge in [0, 0.05) is 30.4 Å². The second-order valence-electron chi connectivity index (χ2n) is 18.3. The third-order valence-electron chi connectivity index (χ3n) is 13.8. The van der Waals surface area contributed by atoms with Crippen molar-refractivity contribution in [1.82, 2.24) is 45.4 Å². The molecule has 3 fully saturated rings. The van der Waals surface area contributed by atoms with Gasteiger partial charge in [-0.25, -0.2) is 19.6 Å². The molecule has 15 nitrogen and oxygen atoms in total. The van der Waals surface area contributed by atoms with Gasteiger partial charge in [-0.3, -0.25) is 14.6 Å². The molecule has 5 aromatic rings. The number of alkyl carbamates (subject to hydrolysis) is 2. The summed E-state index contributed by atoms with van der Waals surface area (Å²) >= 11 is 0. The number of nitrogens with one attached hydrogen (secondary N) is 4. The summed E-state index contributed by atoms with van der Waals surface area (Å²) in [4.78, 5) is 77.0. The van der Waals surface area contributed by atoms with Gasteiger partial charge in [-0.1, -0.05) is 45.9 Å². The monoisotopic (exact) mass is 855 g/mol. The number of aromatic nitrogens is 5. The van der Waals surface area contributed by atoms with Crippen LogP contribution in [0, 0.1) is 11.8 Å². The van der Waals surface area contributed by atoms with Crippen LogP contribution in [0.4, 0.5) is 9.59 Å². The molecule has 2 bridgehead atoms. The highest BCUT2D eigenvalue weighted by molar-refractivity contribution is 5.88. The van der Waals surface area contributed by atoms with E-state index in [1.807, 2.05) is 43.7 Å². The number of likely N-dealkylation sites (tertiary alicyclic amines) is 2. The zero-order valence-electron chi connectivity index (χ0n) is 36.9. The second-order valence-corrected chi connectivity index (χ2v) is 18.3. The van der Waals surface area contributed by atoms with E-state index in [4.69, 9.17) is 24.4 Å². The van der Waals surface area contributed by atoms with Gasteiger partial charge in [0.05, 0.1) is 54.9 Å². The molecule has 2 unspecified atom stereocenters. The van der Waals surface area contributed by atoms with Gasteiger partial charge in [-0.2, -0.15) is 0 Å². The van der Waals surface area contributed by atoms with Crippen LogP contribution in [0.5, 0.6) is 0 Å². The van der Waals surface area contributed by atoms with E-state index >= 15 is 0 Å². The topological polar surface area (TPSA) is 188 Å². The molecule has 15 heteroatoms. The van der Waals surface area contributed by atoms with Crippen molar-refractivity contribution in [3.05, 3.63) is 77.6 Å². The molecule has 4 aliphatic rings. The van der Waals surface area contributed by atoms with E-state index in [2.05, 4.69) is 63.1 Å². The summed E-state index contributed by atoms with van der Waals surface area (Å²) in [5.74, 6) is 1.98. The van der Waals surface area contributed by atoms with Crippen molar-refractivity contribution in [2.45, 2.75) is 109 Å². The van der Waals surface area contributed by atoms with Gasteiger partial charge in [0.1, 0.15) is 23.7 Å². The first-order valence-electron chi connectivity index (χ1n) is 22.4. The number of H-pyrrole nitrogens is 2. The second kappa shape index (κ2) is 17.1. The molecule has 330 valence electrons. The Morgan fingerprint density at radius 1 is 0.683 bits per heavy atom. The lowest BCUT2D eigenvalue weighted by molar-refractivity contribution is -0.136. The number of benzene rings is 2.